The van der Waals surface area contributed by atoms with E-state index in [0.717, 1.165) is 48.8 Å². The minimum absolute atomic E-state index is 0.00948. The maximum absolute atomic E-state index is 11.7. The molecule has 0 atom stereocenters. The van der Waals surface area contributed by atoms with Gasteiger partial charge in [-0.3, -0.25) is 14.9 Å². The molecule has 1 aliphatic carbocycles. The molecule has 0 spiro atoms. The average molecular weight is 380 g/mol. The molecule has 0 aromatic carbocycles. The third-order valence-corrected chi connectivity index (χ3v) is 4.66. The Morgan fingerprint density at radius 2 is 1.81 bits per heavy atom. The molecule has 2 rings (SSSR count). The summed E-state index contributed by atoms with van der Waals surface area (Å²) in [6.07, 6.45) is 5.19. The molecular weight excluding hydrogens is 356 g/mol. The van der Waals surface area contributed by atoms with E-state index in [-0.39, 0.29) is 11.8 Å². The molecule has 0 radical (unpaired) electrons. The minimum atomic E-state index is -0.653. The van der Waals surface area contributed by atoms with Crippen molar-refractivity contribution in [2.45, 2.75) is 57.1 Å². The van der Waals surface area contributed by atoms with Crippen LogP contribution < -0.4 is 10.6 Å². The van der Waals surface area contributed by atoms with Gasteiger partial charge in [-0.25, -0.2) is 14.8 Å². The lowest BCUT2D eigenvalue weighted by Gasteiger charge is -2.22. The zero-order valence-electron chi connectivity index (χ0n) is 15.0. The second kappa shape index (κ2) is 10.1. The van der Waals surface area contributed by atoms with Crippen LogP contribution in [0.5, 0.6) is 0 Å². The second-order valence-corrected chi connectivity index (χ2v) is 7.18. The first kappa shape index (κ1) is 20.2. The van der Waals surface area contributed by atoms with Gasteiger partial charge in [-0.1, -0.05) is 31.0 Å². The number of thioether (sulfide) groups is 1. The van der Waals surface area contributed by atoms with Crippen molar-refractivity contribution in [1.29, 1.82) is 0 Å². The minimum Gasteiger partial charge on any atom is -0.455 e. The molecule has 0 saturated heterocycles. The molecule has 1 aromatic rings. The largest absolute Gasteiger partial charge is 0.455 e. The maximum atomic E-state index is 11.7. The van der Waals surface area contributed by atoms with E-state index in [2.05, 4.69) is 20.6 Å². The fraction of sp³-hybridized carbons (Fsp3) is 0.588. The molecule has 1 heterocycles. The van der Waals surface area contributed by atoms with Gasteiger partial charge < -0.3 is 10.1 Å². The van der Waals surface area contributed by atoms with Crippen LogP contribution in [-0.4, -0.2) is 46.3 Å². The fourth-order valence-corrected chi connectivity index (χ4v) is 3.45. The SMILES string of the molecule is Cc1cc(C)nc(SCC(=O)OCC(=O)NC(=O)NC2CCCCC2)n1. The normalized spacial score (nSPS) is 14.5. The van der Waals surface area contributed by atoms with Crippen LogP contribution in [0.2, 0.25) is 0 Å². The number of ether oxygens (including phenoxy) is 1. The van der Waals surface area contributed by atoms with Gasteiger partial charge in [0.2, 0.25) is 0 Å². The second-order valence-electron chi connectivity index (χ2n) is 6.24. The van der Waals surface area contributed by atoms with Gasteiger partial charge in [0.25, 0.3) is 5.91 Å². The molecule has 8 nitrogen and oxygen atoms in total. The Morgan fingerprint density at radius 3 is 2.46 bits per heavy atom. The first-order chi connectivity index (χ1) is 12.4. The third-order valence-electron chi connectivity index (χ3n) is 3.84. The van der Waals surface area contributed by atoms with E-state index in [4.69, 9.17) is 4.74 Å². The van der Waals surface area contributed by atoms with Gasteiger partial charge in [0.05, 0.1) is 5.75 Å². The first-order valence-corrected chi connectivity index (χ1v) is 9.62. The molecule has 26 heavy (non-hydrogen) atoms. The Labute approximate surface area is 156 Å². The molecular formula is C17H24N4O4S. The van der Waals surface area contributed by atoms with E-state index in [1.165, 1.54) is 6.42 Å². The maximum Gasteiger partial charge on any atom is 0.321 e. The van der Waals surface area contributed by atoms with Gasteiger partial charge in [-0.05, 0) is 32.8 Å². The summed E-state index contributed by atoms with van der Waals surface area (Å²) in [6.45, 7) is 3.20. The van der Waals surface area contributed by atoms with Crippen molar-refractivity contribution in [2.24, 2.45) is 0 Å². The number of carbonyl (C=O) groups excluding carboxylic acids is 3. The predicted octanol–water partition coefficient (Wildman–Crippen LogP) is 1.89. The highest BCUT2D eigenvalue weighted by atomic mass is 32.2. The summed E-state index contributed by atoms with van der Waals surface area (Å²) >= 11 is 1.14. The number of aromatic nitrogens is 2. The molecule has 0 aliphatic heterocycles. The number of carbonyl (C=O) groups is 3. The fourth-order valence-electron chi connectivity index (χ4n) is 2.70. The highest BCUT2D eigenvalue weighted by molar-refractivity contribution is 7.99. The number of rotatable bonds is 6. The predicted molar refractivity (Wildman–Crippen MR) is 96.7 cm³/mol. The van der Waals surface area contributed by atoms with Gasteiger partial charge in [-0.2, -0.15) is 0 Å². The summed E-state index contributed by atoms with van der Waals surface area (Å²) in [5.41, 5.74) is 1.63. The smallest absolute Gasteiger partial charge is 0.321 e. The van der Waals surface area contributed by atoms with E-state index >= 15 is 0 Å². The molecule has 0 unspecified atom stereocenters. The number of esters is 1. The summed E-state index contributed by atoms with van der Waals surface area (Å²) in [6, 6.07) is 1.40. The van der Waals surface area contributed by atoms with Crippen molar-refractivity contribution in [2.75, 3.05) is 12.4 Å². The number of amides is 3. The zero-order chi connectivity index (χ0) is 18.9. The summed E-state index contributed by atoms with van der Waals surface area (Å²) in [7, 11) is 0. The Hall–Kier alpha value is -2.16. The van der Waals surface area contributed by atoms with Crippen molar-refractivity contribution in [3.63, 3.8) is 0 Å². The number of urea groups is 1. The topological polar surface area (TPSA) is 110 Å². The zero-order valence-corrected chi connectivity index (χ0v) is 15.9. The molecule has 1 aromatic heterocycles. The van der Waals surface area contributed by atoms with Crippen molar-refractivity contribution >= 4 is 29.7 Å². The Kier molecular flexibility index (Phi) is 7.83. The van der Waals surface area contributed by atoms with Crippen molar-refractivity contribution in [3.8, 4) is 0 Å². The highest BCUT2D eigenvalue weighted by Crippen LogP contribution is 2.17. The van der Waals surface area contributed by atoms with Crippen LogP contribution in [0.4, 0.5) is 4.79 Å². The highest BCUT2D eigenvalue weighted by Gasteiger charge is 2.17. The quantitative estimate of drug-likeness (QED) is 0.440. The van der Waals surface area contributed by atoms with E-state index in [1.54, 1.807) is 0 Å². The Morgan fingerprint density at radius 1 is 1.15 bits per heavy atom. The van der Waals surface area contributed by atoms with Crippen LogP contribution in [0.25, 0.3) is 0 Å². The van der Waals surface area contributed by atoms with Crippen LogP contribution in [0.1, 0.15) is 43.5 Å². The lowest BCUT2D eigenvalue weighted by molar-refractivity contribution is -0.145. The van der Waals surface area contributed by atoms with Gasteiger partial charge in [0.1, 0.15) is 0 Å². The molecule has 1 saturated carbocycles. The van der Waals surface area contributed by atoms with Gasteiger partial charge in [-0.15, -0.1) is 0 Å². The molecule has 2 N–H and O–H groups in total. The number of aryl methyl sites for hydroxylation is 2. The number of hydrogen-bond acceptors (Lipinski definition) is 7. The van der Waals surface area contributed by atoms with E-state index < -0.39 is 24.5 Å². The van der Waals surface area contributed by atoms with E-state index in [1.807, 2.05) is 19.9 Å². The van der Waals surface area contributed by atoms with Crippen LogP contribution >= 0.6 is 11.8 Å². The molecule has 142 valence electrons. The molecule has 0 bridgehead atoms. The monoisotopic (exact) mass is 380 g/mol. The molecule has 9 heteroatoms. The summed E-state index contributed by atoms with van der Waals surface area (Å²) in [5, 5.41) is 5.42. The van der Waals surface area contributed by atoms with E-state index in [9.17, 15) is 14.4 Å². The van der Waals surface area contributed by atoms with Crippen LogP contribution in [0.15, 0.2) is 11.2 Å². The van der Waals surface area contributed by atoms with Crippen molar-refractivity contribution < 1.29 is 19.1 Å². The molecule has 1 aliphatic rings. The molecule has 3 amide bonds. The van der Waals surface area contributed by atoms with Gasteiger partial charge in [0.15, 0.2) is 11.8 Å². The van der Waals surface area contributed by atoms with Crippen molar-refractivity contribution in [1.82, 2.24) is 20.6 Å². The number of nitrogens with zero attached hydrogens (tertiary/aromatic N) is 2. The lowest BCUT2D eigenvalue weighted by Crippen LogP contribution is -2.46. The number of hydrogen-bond donors (Lipinski definition) is 2. The Bertz CT molecular complexity index is 642. The number of nitrogens with one attached hydrogen (secondary N) is 2. The Balaban J connectivity index is 1.64. The third kappa shape index (κ3) is 7.38. The number of imide groups is 1. The van der Waals surface area contributed by atoms with Crippen LogP contribution in [0.3, 0.4) is 0 Å². The summed E-state index contributed by atoms with van der Waals surface area (Å²) in [4.78, 5) is 43.5. The van der Waals surface area contributed by atoms with E-state index in [0.29, 0.717) is 5.16 Å². The molecule has 1 fully saturated rings. The van der Waals surface area contributed by atoms with Crippen LogP contribution in [0, 0.1) is 13.8 Å². The van der Waals surface area contributed by atoms with Gasteiger partial charge in [0, 0.05) is 17.4 Å². The average Bonchev–Trinajstić information content (AvgIpc) is 2.58. The van der Waals surface area contributed by atoms with Crippen LogP contribution in [-0.2, 0) is 14.3 Å². The lowest BCUT2D eigenvalue weighted by atomic mass is 9.96. The van der Waals surface area contributed by atoms with Gasteiger partial charge >= 0.3 is 12.0 Å². The summed E-state index contributed by atoms with van der Waals surface area (Å²) in [5.74, 6) is -1.23. The van der Waals surface area contributed by atoms with Crippen molar-refractivity contribution in [3.05, 3.63) is 17.5 Å². The summed E-state index contributed by atoms with van der Waals surface area (Å²) < 4.78 is 4.87. The standard InChI is InChI=1S/C17H24N4O4S/c1-11-8-12(2)19-17(18-11)26-10-15(23)25-9-14(22)21-16(24)20-13-6-4-3-5-7-13/h8,13H,3-7,9-10H2,1-2H3,(H2,20,21,22,24). The first-order valence-electron chi connectivity index (χ1n) is 8.63.